The van der Waals surface area contributed by atoms with E-state index in [1.54, 1.807) is 6.20 Å². The average Bonchev–Trinajstić information content (AvgIpc) is 3.16. The summed E-state index contributed by atoms with van der Waals surface area (Å²) in [5.41, 5.74) is 3.82. The number of benzene rings is 1. The van der Waals surface area contributed by atoms with Crippen LogP contribution in [0.4, 0.5) is 10.5 Å². The number of aromatic nitrogens is 3. The van der Waals surface area contributed by atoms with Gasteiger partial charge in [-0.15, -0.1) is 0 Å². The second-order valence-electron chi connectivity index (χ2n) is 7.49. The number of amides is 2. The Morgan fingerprint density at radius 3 is 2.66 bits per heavy atom. The van der Waals surface area contributed by atoms with E-state index in [-0.39, 0.29) is 12.1 Å². The molecule has 1 atom stereocenters. The highest BCUT2D eigenvalue weighted by Gasteiger charge is 2.15. The van der Waals surface area contributed by atoms with Crippen molar-refractivity contribution in [1.82, 2.24) is 30.5 Å². The summed E-state index contributed by atoms with van der Waals surface area (Å²) in [6.45, 7) is 6.56. The Morgan fingerprint density at radius 1 is 1.17 bits per heavy atom. The van der Waals surface area contributed by atoms with Gasteiger partial charge in [0.05, 0.1) is 18.1 Å². The fourth-order valence-electron chi connectivity index (χ4n) is 3.51. The number of carbonyl (C=O) groups is 1. The number of nitrogens with one attached hydrogen (secondary N) is 3. The number of aromatic amines is 1. The highest BCUT2D eigenvalue weighted by Crippen LogP contribution is 2.20. The van der Waals surface area contributed by atoms with Crippen molar-refractivity contribution in [2.75, 3.05) is 38.1 Å². The zero-order chi connectivity index (χ0) is 20.2. The molecule has 1 unspecified atom stereocenters. The molecule has 8 nitrogen and oxygen atoms in total. The fraction of sp³-hybridized carbons (Fsp3) is 0.381. The van der Waals surface area contributed by atoms with Gasteiger partial charge in [0, 0.05) is 38.1 Å². The Labute approximate surface area is 170 Å². The molecule has 0 radical (unpaired) electrons. The van der Waals surface area contributed by atoms with Crippen molar-refractivity contribution in [3.63, 3.8) is 0 Å². The van der Waals surface area contributed by atoms with Gasteiger partial charge in [-0.2, -0.15) is 0 Å². The molecule has 3 heterocycles. The molecule has 0 aliphatic carbocycles. The Hall–Kier alpha value is -3.13. The van der Waals surface area contributed by atoms with Crippen LogP contribution in [0.1, 0.15) is 24.4 Å². The van der Waals surface area contributed by atoms with E-state index in [1.807, 2.05) is 19.1 Å². The van der Waals surface area contributed by atoms with E-state index < -0.39 is 0 Å². The number of pyridine rings is 1. The van der Waals surface area contributed by atoms with Crippen LogP contribution < -0.4 is 15.5 Å². The maximum absolute atomic E-state index is 12.3. The van der Waals surface area contributed by atoms with E-state index in [1.165, 1.54) is 5.69 Å². The molecule has 2 aromatic heterocycles. The number of likely N-dealkylation sites (N-methyl/N-ethyl adjacent to an activating group) is 1. The Balaban J connectivity index is 1.29. The molecule has 1 saturated heterocycles. The Kier molecular flexibility index (Phi) is 5.62. The predicted molar refractivity (Wildman–Crippen MR) is 114 cm³/mol. The minimum absolute atomic E-state index is 0.0890. The van der Waals surface area contributed by atoms with Crippen molar-refractivity contribution in [3.8, 4) is 0 Å². The van der Waals surface area contributed by atoms with Crippen LogP contribution in [0.5, 0.6) is 0 Å². The third-order valence-corrected chi connectivity index (χ3v) is 5.33. The summed E-state index contributed by atoms with van der Waals surface area (Å²) in [7, 11) is 2.16. The lowest BCUT2D eigenvalue weighted by molar-refractivity contribution is 0.237. The molecule has 3 aromatic rings. The van der Waals surface area contributed by atoms with Gasteiger partial charge in [-0.05, 0) is 43.8 Å². The van der Waals surface area contributed by atoms with Gasteiger partial charge in [-0.1, -0.05) is 12.1 Å². The van der Waals surface area contributed by atoms with E-state index in [9.17, 15) is 4.79 Å². The van der Waals surface area contributed by atoms with Crippen molar-refractivity contribution in [2.45, 2.75) is 19.5 Å². The molecule has 1 aromatic carbocycles. The number of nitrogens with zero attached hydrogens (tertiary/aromatic N) is 4. The van der Waals surface area contributed by atoms with Crippen LogP contribution in [0.3, 0.4) is 0 Å². The van der Waals surface area contributed by atoms with Gasteiger partial charge in [0.25, 0.3) is 0 Å². The molecule has 1 aliphatic rings. The molecule has 0 spiro atoms. The maximum atomic E-state index is 12.3. The number of hydrogen-bond donors (Lipinski definition) is 3. The van der Waals surface area contributed by atoms with Crippen LogP contribution in [0.25, 0.3) is 11.2 Å². The van der Waals surface area contributed by atoms with E-state index in [0.717, 1.165) is 37.3 Å². The smallest absolute Gasteiger partial charge is 0.315 e. The maximum Gasteiger partial charge on any atom is 0.315 e. The summed E-state index contributed by atoms with van der Waals surface area (Å²) in [4.78, 5) is 28.7. The van der Waals surface area contributed by atoms with E-state index in [4.69, 9.17) is 0 Å². The Morgan fingerprint density at radius 2 is 1.93 bits per heavy atom. The van der Waals surface area contributed by atoms with Crippen molar-refractivity contribution in [1.29, 1.82) is 0 Å². The van der Waals surface area contributed by atoms with Crippen molar-refractivity contribution in [3.05, 3.63) is 54.0 Å². The first kappa shape index (κ1) is 19.2. The van der Waals surface area contributed by atoms with Crippen LogP contribution >= 0.6 is 0 Å². The number of rotatable bonds is 5. The largest absolute Gasteiger partial charge is 0.369 e. The van der Waals surface area contributed by atoms with Crippen molar-refractivity contribution in [2.24, 2.45) is 0 Å². The van der Waals surface area contributed by atoms with Crippen LogP contribution in [-0.2, 0) is 6.54 Å². The van der Waals surface area contributed by atoms with Crippen LogP contribution in [0, 0.1) is 0 Å². The first-order chi connectivity index (χ1) is 14.1. The number of anilines is 1. The zero-order valence-corrected chi connectivity index (χ0v) is 16.9. The van der Waals surface area contributed by atoms with Crippen LogP contribution in [0.2, 0.25) is 0 Å². The van der Waals surface area contributed by atoms with Gasteiger partial charge in [-0.3, -0.25) is 0 Å². The number of H-pyrrole nitrogens is 1. The van der Waals surface area contributed by atoms with E-state index in [2.05, 4.69) is 66.7 Å². The summed E-state index contributed by atoms with van der Waals surface area (Å²) < 4.78 is 0. The number of piperazine rings is 1. The number of hydrogen-bond acceptors (Lipinski definition) is 5. The second kappa shape index (κ2) is 8.48. The van der Waals surface area contributed by atoms with Crippen LogP contribution in [0.15, 0.2) is 42.6 Å². The molecule has 3 N–H and O–H groups in total. The highest BCUT2D eigenvalue weighted by molar-refractivity contribution is 5.74. The Bertz CT molecular complexity index is 928. The third kappa shape index (κ3) is 4.65. The summed E-state index contributed by atoms with van der Waals surface area (Å²) in [5.74, 6) is 0.679. The summed E-state index contributed by atoms with van der Waals surface area (Å²) >= 11 is 0. The van der Waals surface area contributed by atoms with Gasteiger partial charge in [-0.25, -0.2) is 14.8 Å². The van der Waals surface area contributed by atoms with E-state index in [0.29, 0.717) is 18.0 Å². The van der Waals surface area contributed by atoms with Crippen molar-refractivity contribution < 1.29 is 4.79 Å². The normalized spacial score (nSPS) is 16.0. The molecule has 152 valence electrons. The van der Waals surface area contributed by atoms with Crippen LogP contribution in [-0.4, -0.2) is 59.1 Å². The molecule has 4 rings (SSSR count). The molecular weight excluding hydrogens is 366 g/mol. The molecule has 2 amide bonds. The quantitative estimate of drug-likeness (QED) is 0.619. The second-order valence-corrected chi connectivity index (χ2v) is 7.49. The summed E-state index contributed by atoms with van der Waals surface area (Å²) in [5, 5.41) is 5.82. The monoisotopic (exact) mass is 393 g/mol. The molecule has 0 saturated carbocycles. The molecule has 1 fully saturated rings. The molecule has 0 bridgehead atoms. The predicted octanol–water partition coefficient (Wildman–Crippen LogP) is 2.27. The SMILES string of the molecule is CC(NC(=O)NCc1nc2ncccc2[nH]1)c1ccc(N2CCN(C)CC2)cc1. The van der Waals surface area contributed by atoms with Gasteiger partial charge in [0.15, 0.2) is 5.65 Å². The van der Waals surface area contributed by atoms with Gasteiger partial charge in [0.1, 0.15) is 5.82 Å². The third-order valence-electron chi connectivity index (χ3n) is 5.33. The fourth-order valence-corrected chi connectivity index (χ4v) is 3.51. The van der Waals surface area contributed by atoms with Crippen molar-refractivity contribution >= 4 is 22.9 Å². The molecule has 29 heavy (non-hydrogen) atoms. The lowest BCUT2D eigenvalue weighted by Crippen LogP contribution is -2.44. The zero-order valence-electron chi connectivity index (χ0n) is 16.9. The topological polar surface area (TPSA) is 89.2 Å². The molecular formula is C21H27N7O. The average molecular weight is 393 g/mol. The lowest BCUT2D eigenvalue weighted by Gasteiger charge is -2.34. The molecule has 1 aliphatic heterocycles. The van der Waals surface area contributed by atoms with E-state index >= 15 is 0 Å². The summed E-state index contributed by atoms with van der Waals surface area (Å²) in [6, 6.07) is 11.9. The van der Waals surface area contributed by atoms with Gasteiger partial charge < -0.3 is 25.4 Å². The lowest BCUT2D eigenvalue weighted by atomic mass is 10.1. The number of fused-ring (bicyclic) bond motifs is 1. The number of carbonyl (C=O) groups excluding carboxylic acids is 1. The minimum atomic E-state index is -0.228. The highest BCUT2D eigenvalue weighted by atomic mass is 16.2. The standard InChI is InChI=1S/C21H27N7O/c1-15(16-5-7-17(8-6-16)28-12-10-27(2)11-13-28)24-21(29)23-14-19-25-18-4-3-9-22-20(18)26-19/h3-9,15H,10-14H2,1-2H3,(H,22,25,26)(H2,23,24,29). The summed E-state index contributed by atoms with van der Waals surface area (Å²) in [6.07, 6.45) is 1.70. The number of urea groups is 1. The minimum Gasteiger partial charge on any atom is -0.369 e. The molecule has 8 heteroatoms. The van der Waals surface area contributed by atoms with Gasteiger partial charge >= 0.3 is 6.03 Å². The first-order valence-corrected chi connectivity index (χ1v) is 9.96. The first-order valence-electron chi connectivity index (χ1n) is 9.96. The number of imidazole rings is 1. The van der Waals surface area contributed by atoms with Gasteiger partial charge in [0.2, 0.25) is 0 Å².